The Morgan fingerprint density at radius 1 is 1.07 bits per heavy atom. The van der Waals surface area contributed by atoms with Gasteiger partial charge in [-0.15, -0.1) is 0 Å². The van der Waals surface area contributed by atoms with Crippen molar-refractivity contribution in [2.75, 3.05) is 31.1 Å². The van der Waals surface area contributed by atoms with E-state index >= 15 is 0 Å². The first-order valence-electron chi connectivity index (χ1n) is 10.3. The van der Waals surface area contributed by atoms with Gasteiger partial charge < -0.3 is 9.80 Å². The van der Waals surface area contributed by atoms with E-state index in [0.29, 0.717) is 0 Å². The van der Waals surface area contributed by atoms with Crippen LogP contribution in [0, 0.1) is 0 Å². The summed E-state index contributed by atoms with van der Waals surface area (Å²) in [5, 5.41) is 0.818. The summed E-state index contributed by atoms with van der Waals surface area (Å²) in [6, 6.07) is 10.1. The van der Waals surface area contributed by atoms with Crippen molar-refractivity contribution in [2.24, 2.45) is 0 Å². The summed E-state index contributed by atoms with van der Waals surface area (Å²) in [5.41, 5.74) is 3.03. The van der Waals surface area contributed by atoms with Gasteiger partial charge in [-0.05, 0) is 50.8 Å². The van der Waals surface area contributed by atoms with Crippen LogP contribution in [-0.4, -0.2) is 47.0 Å². The van der Waals surface area contributed by atoms with Crippen molar-refractivity contribution in [3.8, 4) is 0 Å². The minimum Gasteiger partial charge on any atom is -0.357 e. The van der Waals surface area contributed by atoms with Gasteiger partial charge in [0.2, 0.25) is 0 Å². The van der Waals surface area contributed by atoms with Crippen molar-refractivity contribution in [3.05, 3.63) is 47.2 Å². The maximum absolute atomic E-state index is 12.5. The maximum atomic E-state index is 12.5. The summed E-state index contributed by atoms with van der Waals surface area (Å²) in [6.07, 6.45) is 3.14. The van der Waals surface area contributed by atoms with E-state index in [1.807, 2.05) is 29.2 Å². The number of nitrogens with zero attached hydrogens (tertiary/aromatic N) is 4. The first kappa shape index (κ1) is 20.6. The van der Waals surface area contributed by atoms with E-state index in [-0.39, 0.29) is 5.91 Å². The van der Waals surface area contributed by atoms with Gasteiger partial charge in [0.25, 0.3) is 5.91 Å². The van der Waals surface area contributed by atoms with E-state index in [1.54, 1.807) is 11.8 Å². The molecule has 5 nitrogen and oxygen atoms in total. The number of thioether (sulfide) groups is 1. The first-order chi connectivity index (χ1) is 13.6. The zero-order chi connectivity index (χ0) is 19.9. The molecule has 1 aromatic heterocycles. The van der Waals surface area contributed by atoms with Crippen LogP contribution < -0.4 is 4.90 Å². The van der Waals surface area contributed by atoms with Gasteiger partial charge in [0.05, 0.1) is 0 Å². The van der Waals surface area contributed by atoms with E-state index in [9.17, 15) is 4.79 Å². The first-order valence-corrected chi connectivity index (χ1v) is 11.3. The highest BCUT2D eigenvalue weighted by atomic mass is 32.2. The zero-order valence-electron chi connectivity index (χ0n) is 17.1. The fourth-order valence-corrected chi connectivity index (χ4v) is 4.24. The van der Waals surface area contributed by atoms with Crippen LogP contribution in [0.3, 0.4) is 0 Å². The van der Waals surface area contributed by atoms with E-state index in [1.165, 1.54) is 5.56 Å². The molecule has 1 saturated heterocycles. The molecule has 150 valence electrons. The number of aromatic nitrogens is 2. The quantitative estimate of drug-likeness (QED) is 0.487. The van der Waals surface area contributed by atoms with Crippen LogP contribution >= 0.6 is 11.8 Å². The lowest BCUT2D eigenvalue weighted by Gasteiger charge is -2.20. The summed E-state index contributed by atoms with van der Waals surface area (Å²) in [6.45, 7) is 10.1. The van der Waals surface area contributed by atoms with Gasteiger partial charge in [0.15, 0.2) is 5.16 Å². The molecule has 3 rings (SSSR count). The van der Waals surface area contributed by atoms with Crippen LogP contribution in [0.4, 0.5) is 5.82 Å². The lowest BCUT2D eigenvalue weighted by atomic mass is 10.1. The smallest absolute Gasteiger partial charge is 0.253 e. The number of anilines is 1. The molecule has 0 N–H and O–H groups in total. The van der Waals surface area contributed by atoms with Crippen LogP contribution in [0.5, 0.6) is 0 Å². The fourth-order valence-electron chi connectivity index (χ4n) is 3.41. The molecule has 2 aromatic rings. The number of carbonyl (C=O) groups excluding carboxylic acids is 1. The fraction of sp³-hybridized carbons (Fsp3) is 0.500. The Balaban J connectivity index is 1.66. The summed E-state index contributed by atoms with van der Waals surface area (Å²) in [4.78, 5) is 26.1. The molecule has 28 heavy (non-hydrogen) atoms. The number of aryl methyl sites for hydroxylation is 1. The molecular formula is C22H30N4OS. The Morgan fingerprint density at radius 3 is 2.36 bits per heavy atom. The normalized spacial score (nSPS) is 13.8. The molecule has 1 fully saturated rings. The Labute approximate surface area is 172 Å². The Kier molecular flexibility index (Phi) is 7.31. The number of carbonyl (C=O) groups is 1. The summed E-state index contributed by atoms with van der Waals surface area (Å²) < 4.78 is 0. The van der Waals surface area contributed by atoms with Crippen molar-refractivity contribution >= 4 is 23.5 Å². The number of hydrogen-bond donors (Lipinski definition) is 0. The number of rotatable bonds is 8. The van der Waals surface area contributed by atoms with Gasteiger partial charge in [-0.2, -0.15) is 0 Å². The summed E-state index contributed by atoms with van der Waals surface area (Å²) in [5.74, 6) is 1.95. The van der Waals surface area contributed by atoms with E-state index < -0.39 is 0 Å². The molecule has 1 aliphatic rings. The second kappa shape index (κ2) is 9.92. The third-order valence-corrected chi connectivity index (χ3v) is 6.08. The number of likely N-dealkylation sites (tertiary alicyclic amines) is 1. The van der Waals surface area contributed by atoms with Crippen molar-refractivity contribution < 1.29 is 4.79 Å². The van der Waals surface area contributed by atoms with Gasteiger partial charge in [-0.3, -0.25) is 4.79 Å². The predicted molar refractivity (Wildman–Crippen MR) is 116 cm³/mol. The largest absolute Gasteiger partial charge is 0.357 e. The van der Waals surface area contributed by atoms with Gasteiger partial charge in [0, 0.05) is 49.3 Å². The predicted octanol–water partition coefficient (Wildman–Crippen LogP) is 4.41. The van der Waals surface area contributed by atoms with Crippen molar-refractivity contribution in [2.45, 2.75) is 50.9 Å². The summed E-state index contributed by atoms with van der Waals surface area (Å²) in [7, 11) is 0. The highest BCUT2D eigenvalue weighted by Crippen LogP contribution is 2.24. The lowest BCUT2D eigenvalue weighted by Crippen LogP contribution is -2.27. The SMILES string of the molecule is CCc1cc(N(CC)CC)nc(SCc2ccc(C(=O)N3CCCC3)cc2)n1. The maximum Gasteiger partial charge on any atom is 0.253 e. The van der Waals surface area contributed by atoms with Crippen LogP contribution in [0.15, 0.2) is 35.5 Å². The average Bonchev–Trinajstić information content (AvgIpc) is 3.28. The topological polar surface area (TPSA) is 49.3 Å². The number of benzene rings is 1. The molecule has 0 saturated carbocycles. The Hall–Kier alpha value is -2.08. The van der Waals surface area contributed by atoms with Gasteiger partial charge >= 0.3 is 0 Å². The van der Waals surface area contributed by atoms with Crippen LogP contribution in [0.1, 0.15) is 55.2 Å². The van der Waals surface area contributed by atoms with Crippen molar-refractivity contribution in [3.63, 3.8) is 0 Å². The van der Waals surface area contributed by atoms with Gasteiger partial charge in [-0.25, -0.2) is 9.97 Å². The van der Waals surface area contributed by atoms with Crippen molar-refractivity contribution in [1.29, 1.82) is 0 Å². The molecule has 1 amide bonds. The number of hydrogen-bond acceptors (Lipinski definition) is 5. The molecule has 0 radical (unpaired) electrons. The Bertz CT molecular complexity index is 784. The molecule has 0 atom stereocenters. The molecule has 2 heterocycles. The zero-order valence-corrected chi connectivity index (χ0v) is 18.0. The van der Waals surface area contributed by atoms with E-state index in [0.717, 1.165) is 73.4 Å². The minimum absolute atomic E-state index is 0.152. The Morgan fingerprint density at radius 2 is 1.75 bits per heavy atom. The monoisotopic (exact) mass is 398 g/mol. The molecule has 0 bridgehead atoms. The van der Waals surface area contributed by atoms with E-state index in [4.69, 9.17) is 4.98 Å². The van der Waals surface area contributed by atoms with Crippen LogP contribution in [0.25, 0.3) is 0 Å². The highest BCUT2D eigenvalue weighted by Gasteiger charge is 2.19. The minimum atomic E-state index is 0.152. The molecule has 0 unspecified atom stereocenters. The average molecular weight is 399 g/mol. The standard InChI is InChI=1S/C22H30N4OS/c1-4-19-15-20(25(5-2)6-3)24-22(23-19)28-16-17-9-11-18(12-10-17)21(27)26-13-7-8-14-26/h9-12,15H,4-8,13-14,16H2,1-3H3. The highest BCUT2D eigenvalue weighted by molar-refractivity contribution is 7.98. The van der Waals surface area contributed by atoms with Gasteiger partial charge in [0.1, 0.15) is 5.82 Å². The molecule has 1 aliphatic heterocycles. The number of amides is 1. The van der Waals surface area contributed by atoms with Crippen LogP contribution in [0.2, 0.25) is 0 Å². The van der Waals surface area contributed by atoms with Crippen molar-refractivity contribution in [1.82, 2.24) is 14.9 Å². The molecular weight excluding hydrogens is 368 g/mol. The second-order valence-corrected chi connectivity index (χ2v) is 7.95. The molecule has 0 spiro atoms. The lowest BCUT2D eigenvalue weighted by molar-refractivity contribution is 0.0793. The summed E-state index contributed by atoms with van der Waals surface area (Å²) >= 11 is 1.65. The van der Waals surface area contributed by atoms with Gasteiger partial charge in [-0.1, -0.05) is 30.8 Å². The third-order valence-electron chi connectivity index (χ3n) is 5.16. The second-order valence-electron chi connectivity index (χ2n) is 7.01. The molecule has 0 aliphatic carbocycles. The van der Waals surface area contributed by atoms with E-state index in [2.05, 4.69) is 36.7 Å². The molecule has 6 heteroatoms. The molecule has 1 aromatic carbocycles. The third kappa shape index (κ3) is 5.04. The van der Waals surface area contributed by atoms with Crippen LogP contribution in [-0.2, 0) is 12.2 Å².